The van der Waals surface area contributed by atoms with Crippen molar-refractivity contribution < 1.29 is 0 Å². The first-order chi connectivity index (χ1) is 13.1. The molecule has 0 amide bonds. The highest BCUT2D eigenvalue weighted by Crippen LogP contribution is 2.24. The summed E-state index contributed by atoms with van der Waals surface area (Å²) in [5, 5.41) is 1.11. The zero-order chi connectivity index (χ0) is 18.5. The van der Waals surface area contributed by atoms with Crippen molar-refractivity contribution in [2.45, 2.75) is 26.7 Å². The zero-order valence-electron chi connectivity index (χ0n) is 15.8. The molecule has 0 aliphatic carbocycles. The molecule has 0 N–H and O–H groups in total. The Kier molecular flexibility index (Phi) is 3.50. The van der Waals surface area contributed by atoms with E-state index >= 15 is 0 Å². The van der Waals surface area contributed by atoms with E-state index in [0.29, 0.717) is 0 Å². The van der Waals surface area contributed by atoms with Crippen molar-refractivity contribution in [3.05, 3.63) is 71.6 Å². The number of rotatable bonds is 3. The topological polar surface area (TPSA) is 48.0 Å². The molecule has 0 fully saturated rings. The highest BCUT2D eigenvalue weighted by molar-refractivity contribution is 6.02. The number of nitrogens with zero attached hydrogens (tertiary/aromatic N) is 5. The first-order valence-electron chi connectivity index (χ1n) is 9.25. The number of aromatic nitrogens is 5. The molecule has 0 saturated carbocycles. The lowest BCUT2D eigenvalue weighted by Crippen LogP contribution is -2.00. The van der Waals surface area contributed by atoms with Gasteiger partial charge in [0.2, 0.25) is 0 Å². The fourth-order valence-corrected chi connectivity index (χ4v) is 3.82. The van der Waals surface area contributed by atoms with E-state index in [1.54, 1.807) is 0 Å². The maximum absolute atomic E-state index is 4.93. The number of benzene rings is 1. The molecule has 4 aromatic heterocycles. The minimum atomic E-state index is 0.856. The van der Waals surface area contributed by atoms with Crippen molar-refractivity contribution in [3.63, 3.8) is 0 Å². The molecule has 5 nitrogen and oxygen atoms in total. The summed E-state index contributed by atoms with van der Waals surface area (Å²) in [5.74, 6) is 1.08. The highest BCUT2D eigenvalue weighted by atomic mass is 15.1. The molecule has 0 saturated heterocycles. The van der Waals surface area contributed by atoms with Gasteiger partial charge in [0, 0.05) is 36.9 Å². The van der Waals surface area contributed by atoms with Crippen LogP contribution in [-0.4, -0.2) is 23.9 Å². The van der Waals surface area contributed by atoms with E-state index in [4.69, 9.17) is 9.97 Å². The zero-order valence-corrected chi connectivity index (χ0v) is 15.8. The van der Waals surface area contributed by atoms with Crippen molar-refractivity contribution in [2.24, 2.45) is 7.05 Å². The number of hydrogen-bond donors (Lipinski definition) is 0. The molecule has 5 aromatic rings. The van der Waals surface area contributed by atoms with E-state index in [2.05, 4.69) is 71.4 Å². The van der Waals surface area contributed by atoms with Crippen LogP contribution in [0.3, 0.4) is 0 Å². The molecule has 0 spiro atoms. The second-order valence-corrected chi connectivity index (χ2v) is 7.17. The Morgan fingerprint density at radius 3 is 2.70 bits per heavy atom. The first-order valence-corrected chi connectivity index (χ1v) is 9.25. The number of hydrogen-bond acceptors (Lipinski definition) is 3. The van der Waals surface area contributed by atoms with Gasteiger partial charge in [-0.1, -0.05) is 6.07 Å². The summed E-state index contributed by atoms with van der Waals surface area (Å²) in [4.78, 5) is 14.2. The van der Waals surface area contributed by atoms with Crippen LogP contribution >= 0.6 is 0 Å². The third-order valence-corrected chi connectivity index (χ3v) is 5.39. The van der Waals surface area contributed by atoms with E-state index in [0.717, 1.165) is 51.9 Å². The van der Waals surface area contributed by atoms with Gasteiger partial charge in [-0.05, 0) is 56.2 Å². The summed E-state index contributed by atoms with van der Waals surface area (Å²) in [6.45, 7) is 4.22. The van der Waals surface area contributed by atoms with Crippen LogP contribution in [0.5, 0.6) is 0 Å². The molecular weight excluding hydrogens is 334 g/mol. The second kappa shape index (κ2) is 5.91. The maximum Gasteiger partial charge on any atom is 0.140 e. The molecular formula is C22H21N5. The molecule has 1 aromatic carbocycles. The summed E-state index contributed by atoms with van der Waals surface area (Å²) in [5.41, 5.74) is 7.72. The molecule has 0 radical (unpaired) electrons. The molecule has 4 heterocycles. The minimum Gasteiger partial charge on any atom is -0.331 e. The van der Waals surface area contributed by atoms with Crippen LogP contribution in [0.25, 0.3) is 27.6 Å². The number of imidazole rings is 2. The van der Waals surface area contributed by atoms with Crippen LogP contribution in [0.2, 0.25) is 0 Å². The Morgan fingerprint density at radius 1 is 0.963 bits per heavy atom. The van der Waals surface area contributed by atoms with E-state index in [-0.39, 0.29) is 0 Å². The van der Waals surface area contributed by atoms with E-state index < -0.39 is 0 Å². The van der Waals surface area contributed by atoms with Crippen LogP contribution < -0.4 is 0 Å². The van der Waals surface area contributed by atoms with Gasteiger partial charge >= 0.3 is 0 Å². The van der Waals surface area contributed by atoms with Crippen molar-refractivity contribution in [1.29, 1.82) is 0 Å². The molecule has 134 valence electrons. The van der Waals surface area contributed by atoms with E-state index in [1.807, 2.05) is 12.3 Å². The van der Waals surface area contributed by atoms with Gasteiger partial charge in [-0.2, -0.15) is 0 Å². The average molecular weight is 355 g/mol. The number of pyridine rings is 2. The fourth-order valence-electron chi connectivity index (χ4n) is 3.82. The Labute approximate surface area is 157 Å². The number of fused-ring (bicyclic) bond motifs is 4. The average Bonchev–Trinajstić information content (AvgIpc) is 3.26. The third-order valence-electron chi connectivity index (χ3n) is 5.39. The standard InChI is InChI=1S/C22H21N5/c1-14-6-7-15(2)27-13-16(24-22(14)27)8-11-20-25-21-17-5-4-12-23-18(17)9-10-19(21)26(20)3/h4-7,9-10,12-13H,8,11H2,1-3H3. The third kappa shape index (κ3) is 2.50. The van der Waals surface area contributed by atoms with Crippen LogP contribution in [0.15, 0.2) is 48.8 Å². The molecule has 0 atom stereocenters. The molecule has 0 aliphatic heterocycles. The Hall–Kier alpha value is -3.21. The number of aryl methyl sites for hydroxylation is 5. The lowest BCUT2D eigenvalue weighted by Gasteiger charge is -2.01. The quantitative estimate of drug-likeness (QED) is 0.488. The van der Waals surface area contributed by atoms with Gasteiger partial charge in [0.05, 0.1) is 22.2 Å². The Morgan fingerprint density at radius 2 is 1.85 bits per heavy atom. The summed E-state index contributed by atoms with van der Waals surface area (Å²) < 4.78 is 4.37. The molecule has 0 bridgehead atoms. The van der Waals surface area contributed by atoms with Crippen molar-refractivity contribution >= 4 is 27.6 Å². The molecule has 0 unspecified atom stereocenters. The molecule has 0 aliphatic rings. The maximum atomic E-state index is 4.93. The Balaban J connectivity index is 1.52. The fraction of sp³-hybridized carbons (Fsp3) is 0.227. The van der Waals surface area contributed by atoms with Crippen LogP contribution in [0.4, 0.5) is 0 Å². The van der Waals surface area contributed by atoms with Gasteiger partial charge in [-0.3, -0.25) is 4.98 Å². The SMILES string of the molecule is Cc1ccc(C)n2cc(CCc3nc4c5cccnc5ccc4n3C)nc12. The van der Waals surface area contributed by atoms with Gasteiger partial charge in [0.1, 0.15) is 11.5 Å². The predicted molar refractivity (Wildman–Crippen MR) is 108 cm³/mol. The van der Waals surface area contributed by atoms with Gasteiger partial charge in [0.25, 0.3) is 0 Å². The van der Waals surface area contributed by atoms with Gasteiger partial charge in [-0.15, -0.1) is 0 Å². The molecule has 5 rings (SSSR count). The summed E-state index contributed by atoms with van der Waals surface area (Å²) in [6.07, 6.45) is 5.70. The molecule has 27 heavy (non-hydrogen) atoms. The van der Waals surface area contributed by atoms with E-state index in [1.165, 1.54) is 11.3 Å². The summed E-state index contributed by atoms with van der Waals surface area (Å²) >= 11 is 0. The summed E-state index contributed by atoms with van der Waals surface area (Å²) in [7, 11) is 2.09. The highest BCUT2D eigenvalue weighted by Gasteiger charge is 2.12. The van der Waals surface area contributed by atoms with Gasteiger partial charge in [-0.25, -0.2) is 9.97 Å². The van der Waals surface area contributed by atoms with Crippen molar-refractivity contribution in [1.82, 2.24) is 23.9 Å². The smallest absolute Gasteiger partial charge is 0.140 e. The van der Waals surface area contributed by atoms with Crippen LogP contribution in [-0.2, 0) is 19.9 Å². The Bertz CT molecular complexity index is 1270. The lowest BCUT2D eigenvalue weighted by molar-refractivity contribution is 0.779. The van der Waals surface area contributed by atoms with E-state index in [9.17, 15) is 0 Å². The molecule has 5 heteroatoms. The predicted octanol–water partition coefficient (Wildman–Crippen LogP) is 4.17. The van der Waals surface area contributed by atoms with Crippen LogP contribution in [0.1, 0.15) is 22.8 Å². The first kappa shape index (κ1) is 16.0. The van der Waals surface area contributed by atoms with Gasteiger partial charge in [0.15, 0.2) is 0 Å². The van der Waals surface area contributed by atoms with Crippen molar-refractivity contribution in [3.8, 4) is 0 Å². The van der Waals surface area contributed by atoms with Crippen molar-refractivity contribution in [2.75, 3.05) is 0 Å². The van der Waals surface area contributed by atoms with Gasteiger partial charge < -0.3 is 8.97 Å². The monoisotopic (exact) mass is 355 g/mol. The lowest BCUT2D eigenvalue weighted by atomic mass is 10.2. The minimum absolute atomic E-state index is 0.856. The normalized spacial score (nSPS) is 11.8. The van der Waals surface area contributed by atoms with Crippen LogP contribution in [0, 0.1) is 13.8 Å². The largest absolute Gasteiger partial charge is 0.331 e. The second-order valence-electron chi connectivity index (χ2n) is 7.17. The summed E-state index contributed by atoms with van der Waals surface area (Å²) in [6, 6.07) is 12.5.